The van der Waals surface area contributed by atoms with Gasteiger partial charge in [-0.05, 0) is 36.2 Å². The molecule has 0 bridgehead atoms. The molecular formula is C20H20ClFN2O2S. The number of rotatable bonds is 5. The Morgan fingerprint density at radius 1 is 1.22 bits per heavy atom. The molecule has 1 aliphatic rings. The second-order valence-corrected chi connectivity index (χ2v) is 7.76. The van der Waals surface area contributed by atoms with Crippen LogP contribution in [0.5, 0.6) is 0 Å². The first kappa shape index (κ1) is 19.7. The summed E-state index contributed by atoms with van der Waals surface area (Å²) < 4.78 is 13.3. The maximum absolute atomic E-state index is 13.3. The van der Waals surface area contributed by atoms with E-state index in [2.05, 4.69) is 5.32 Å². The molecule has 27 heavy (non-hydrogen) atoms. The van der Waals surface area contributed by atoms with Crippen LogP contribution in [-0.2, 0) is 4.79 Å². The van der Waals surface area contributed by atoms with Gasteiger partial charge in [0.05, 0.1) is 10.6 Å². The summed E-state index contributed by atoms with van der Waals surface area (Å²) in [6.45, 7) is 2.52. The van der Waals surface area contributed by atoms with E-state index in [0.29, 0.717) is 22.9 Å². The highest BCUT2D eigenvalue weighted by molar-refractivity contribution is 7.99. The maximum atomic E-state index is 13.3. The molecule has 2 aromatic rings. The molecule has 1 fully saturated rings. The second-order valence-electron chi connectivity index (χ2n) is 6.24. The van der Waals surface area contributed by atoms with Gasteiger partial charge in [0.15, 0.2) is 0 Å². The molecular weight excluding hydrogens is 387 g/mol. The average Bonchev–Trinajstić information content (AvgIpc) is 3.11. The van der Waals surface area contributed by atoms with Gasteiger partial charge < -0.3 is 10.2 Å². The van der Waals surface area contributed by atoms with Crippen molar-refractivity contribution in [3.05, 3.63) is 70.5 Å². The Kier molecular flexibility index (Phi) is 6.39. The maximum Gasteiger partial charge on any atom is 0.257 e. The van der Waals surface area contributed by atoms with E-state index in [1.165, 1.54) is 23.9 Å². The summed E-state index contributed by atoms with van der Waals surface area (Å²) in [4.78, 5) is 27.5. The zero-order valence-corrected chi connectivity index (χ0v) is 16.4. The van der Waals surface area contributed by atoms with Crippen molar-refractivity contribution in [2.24, 2.45) is 0 Å². The first-order chi connectivity index (χ1) is 13.0. The summed E-state index contributed by atoms with van der Waals surface area (Å²) in [5, 5.41) is 2.82. The Morgan fingerprint density at radius 2 is 1.93 bits per heavy atom. The minimum absolute atomic E-state index is 0.186. The lowest BCUT2D eigenvalue weighted by atomic mass is 10.1. The van der Waals surface area contributed by atoms with E-state index < -0.39 is 6.04 Å². The van der Waals surface area contributed by atoms with Gasteiger partial charge in [-0.25, -0.2) is 4.39 Å². The fourth-order valence-corrected chi connectivity index (χ4v) is 4.63. The molecule has 0 spiro atoms. The summed E-state index contributed by atoms with van der Waals surface area (Å²) in [5.74, 6) is -0.373. The lowest BCUT2D eigenvalue weighted by molar-refractivity contribution is -0.124. The number of amides is 2. The fraction of sp³-hybridized carbons (Fsp3) is 0.300. The number of hydrogen-bond acceptors (Lipinski definition) is 3. The molecule has 3 rings (SSSR count). The van der Waals surface area contributed by atoms with Crippen LogP contribution in [0.25, 0.3) is 0 Å². The lowest BCUT2D eigenvalue weighted by Crippen LogP contribution is -2.48. The van der Waals surface area contributed by atoms with Crippen LogP contribution >= 0.6 is 23.4 Å². The van der Waals surface area contributed by atoms with Gasteiger partial charge in [0.2, 0.25) is 5.91 Å². The number of thioether (sulfide) groups is 1. The van der Waals surface area contributed by atoms with Crippen molar-refractivity contribution in [2.75, 3.05) is 12.3 Å². The van der Waals surface area contributed by atoms with Gasteiger partial charge in [0, 0.05) is 12.3 Å². The molecule has 2 aromatic carbocycles. The van der Waals surface area contributed by atoms with Crippen molar-refractivity contribution in [2.45, 2.75) is 24.8 Å². The van der Waals surface area contributed by atoms with Gasteiger partial charge in [0.25, 0.3) is 5.91 Å². The van der Waals surface area contributed by atoms with Crippen LogP contribution in [0.3, 0.4) is 0 Å². The SMILES string of the molecule is CCCNC(=O)[C@@H]1CS[C@@H](c2ccc(F)cc2)N1C(=O)c1ccccc1Cl. The molecule has 142 valence electrons. The molecule has 1 heterocycles. The van der Waals surface area contributed by atoms with Gasteiger partial charge in [-0.1, -0.05) is 42.8 Å². The Labute approximate surface area is 167 Å². The highest BCUT2D eigenvalue weighted by Gasteiger charge is 2.42. The molecule has 0 unspecified atom stereocenters. The van der Waals surface area contributed by atoms with E-state index in [1.54, 1.807) is 41.3 Å². The van der Waals surface area contributed by atoms with Crippen molar-refractivity contribution in [1.29, 1.82) is 0 Å². The summed E-state index contributed by atoms with van der Waals surface area (Å²) in [5.41, 5.74) is 1.12. The zero-order chi connectivity index (χ0) is 19.4. The van der Waals surface area contributed by atoms with Gasteiger partial charge in [0.1, 0.15) is 17.2 Å². The third-order valence-corrected chi connectivity index (χ3v) is 6.00. The number of halogens is 2. The van der Waals surface area contributed by atoms with Crippen LogP contribution in [0.1, 0.15) is 34.6 Å². The first-order valence-corrected chi connectivity index (χ1v) is 10.2. The quantitative estimate of drug-likeness (QED) is 0.807. The summed E-state index contributed by atoms with van der Waals surface area (Å²) >= 11 is 7.71. The zero-order valence-electron chi connectivity index (χ0n) is 14.8. The number of hydrogen-bond donors (Lipinski definition) is 1. The lowest BCUT2D eigenvalue weighted by Gasteiger charge is -2.29. The van der Waals surface area contributed by atoms with Crippen molar-refractivity contribution in [3.8, 4) is 0 Å². The van der Waals surface area contributed by atoms with E-state index in [0.717, 1.165) is 12.0 Å². The standard InChI is InChI=1S/C20H20ClFN2O2S/c1-2-11-23-18(25)17-12-27-20(13-7-9-14(22)10-8-13)24(17)19(26)15-5-3-4-6-16(15)21/h3-10,17,20H,2,11-12H2,1H3,(H,23,25)/t17-,20-/m0/s1. The predicted molar refractivity (Wildman–Crippen MR) is 106 cm³/mol. The van der Waals surface area contributed by atoms with Crippen molar-refractivity contribution in [1.82, 2.24) is 10.2 Å². The van der Waals surface area contributed by atoms with Gasteiger partial charge in [-0.3, -0.25) is 9.59 Å². The summed E-state index contributed by atoms with van der Waals surface area (Å²) in [6.07, 6.45) is 0.811. The smallest absolute Gasteiger partial charge is 0.257 e. The summed E-state index contributed by atoms with van der Waals surface area (Å²) in [6, 6.07) is 12.2. The highest BCUT2D eigenvalue weighted by atomic mass is 35.5. The molecule has 1 aliphatic heterocycles. The minimum atomic E-state index is -0.611. The van der Waals surface area contributed by atoms with Crippen molar-refractivity contribution >= 4 is 35.2 Å². The van der Waals surface area contributed by atoms with Crippen molar-refractivity contribution in [3.63, 3.8) is 0 Å². The highest BCUT2D eigenvalue weighted by Crippen LogP contribution is 2.42. The number of nitrogens with one attached hydrogen (secondary N) is 1. The van der Waals surface area contributed by atoms with Crippen molar-refractivity contribution < 1.29 is 14.0 Å². The second kappa shape index (κ2) is 8.76. The Balaban J connectivity index is 1.96. The van der Waals surface area contributed by atoms with Gasteiger partial charge >= 0.3 is 0 Å². The average molecular weight is 407 g/mol. The Hall–Kier alpha value is -2.05. The molecule has 2 amide bonds. The fourth-order valence-electron chi connectivity index (χ4n) is 2.98. The van der Waals surface area contributed by atoms with Crippen LogP contribution in [0.2, 0.25) is 5.02 Å². The third kappa shape index (κ3) is 4.28. The van der Waals surface area contributed by atoms with Crippen LogP contribution in [-0.4, -0.2) is 35.1 Å². The third-order valence-electron chi connectivity index (χ3n) is 4.35. The van der Waals surface area contributed by atoms with Crippen LogP contribution in [0, 0.1) is 5.82 Å². The van der Waals surface area contributed by atoms with E-state index in [4.69, 9.17) is 11.6 Å². The van der Waals surface area contributed by atoms with E-state index >= 15 is 0 Å². The van der Waals surface area contributed by atoms with Gasteiger partial charge in [-0.15, -0.1) is 11.8 Å². The predicted octanol–water partition coefficient (Wildman–Crippen LogP) is 4.26. The normalized spacial score (nSPS) is 19.1. The van der Waals surface area contributed by atoms with E-state index in [-0.39, 0.29) is 23.0 Å². The Bertz CT molecular complexity index is 831. The molecule has 1 N–H and O–H groups in total. The first-order valence-electron chi connectivity index (χ1n) is 8.75. The molecule has 0 aromatic heterocycles. The summed E-state index contributed by atoms with van der Waals surface area (Å²) in [7, 11) is 0. The Morgan fingerprint density at radius 3 is 2.59 bits per heavy atom. The van der Waals surface area contributed by atoms with E-state index in [1.807, 2.05) is 6.92 Å². The van der Waals surface area contributed by atoms with Crippen LogP contribution < -0.4 is 5.32 Å². The molecule has 0 aliphatic carbocycles. The topological polar surface area (TPSA) is 49.4 Å². The van der Waals surface area contributed by atoms with Crippen LogP contribution in [0.15, 0.2) is 48.5 Å². The molecule has 0 saturated carbocycles. The van der Waals surface area contributed by atoms with E-state index in [9.17, 15) is 14.0 Å². The number of carbonyl (C=O) groups is 2. The van der Waals surface area contributed by atoms with Gasteiger partial charge in [-0.2, -0.15) is 0 Å². The number of nitrogens with zero attached hydrogens (tertiary/aromatic N) is 1. The number of benzene rings is 2. The molecule has 4 nitrogen and oxygen atoms in total. The molecule has 0 radical (unpaired) electrons. The molecule has 7 heteroatoms. The monoisotopic (exact) mass is 406 g/mol. The minimum Gasteiger partial charge on any atom is -0.354 e. The molecule has 2 atom stereocenters. The largest absolute Gasteiger partial charge is 0.354 e. The molecule has 1 saturated heterocycles. The number of carbonyl (C=O) groups excluding carboxylic acids is 2. The van der Waals surface area contributed by atoms with Crippen LogP contribution in [0.4, 0.5) is 4.39 Å².